The van der Waals surface area contributed by atoms with Crippen molar-refractivity contribution in [3.05, 3.63) is 106 Å². The van der Waals surface area contributed by atoms with E-state index in [-0.39, 0.29) is 24.6 Å². The first-order valence-electron chi connectivity index (χ1n) is 17.2. The van der Waals surface area contributed by atoms with Crippen LogP contribution in [-0.4, -0.2) is 82.2 Å². The third-order valence-corrected chi connectivity index (χ3v) is 9.24. The van der Waals surface area contributed by atoms with Gasteiger partial charge >= 0.3 is 0 Å². The number of benzene rings is 4. The molecule has 256 valence electrons. The maximum absolute atomic E-state index is 13.6. The van der Waals surface area contributed by atoms with Crippen molar-refractivity contribution < 1.29 is 29.4 Å². The molecule has 50 heavy (non-hydrogen) atoms. The maximum atomic E-state index is 13.6. The van der Waals surface area contributed by atoms with Crippen molar-refractivity contribution in [2.45, 2.75) is 51.4 Å². The molecule has 2 heterocycles. The number of aromatic hydroxyl groups is 2. The van der Waals surface area contributed by atoms with Gasteiger partial charge in [-0.2, -0.15) is 0 Å². The first-order chi connectivity index (χ1) is 24.4. The van der Waals surface area contributed by atoms with Crippen LogP contribution in [0.5, 0.6) is 11.5 Å². The van der Waals surface area contributed by atoms with Crippen LogP contribution in [0.25, 0.3) is 10.8 Å². The molecule has 2 aliphatic heterocycles. The molecular weight excluding hydrogens is 632 g/mol. The van der Waals surface area contributed by atoms with Crippen LogP contribution >= 0.6 is 0 Å². The highest BCUT2D eigenvalue weighted by Crippen LogP contribution is 2.38. The average molecular weight is 673 g/mol. The number of para-hydroxylation sites is 2. The smallest absolute Gasteiger partial charge is 0.261 e. The Hall–Kier alpha value is -5.64. The SMILES string of the molecule is O=C1c2ccc3c4c(ccc(c24)C(=O)N1CCCCCCN=Cc1ccccc1O)C(=O)N(CCCCCCN=Cc1ccccc1O)C3=O. The van der Waals surface area contributed by atoms with E-state index in [0.29, 0.717) is 70.1 Å². The Morgan fingerprint density at radius 2 is 0.800 bits per heavy atom. The van der Waals surface area contributed by atoms with Gasteiger partial charge in [-0.3, -0.25) is 39.0 Å². The molecule has 4 aromatic carbocycles. The van der Waals surface area contributed by atoms with Crippen LogP contribution in [0.4, 0.5) is 0 Å². The Labute approximate surface area is 290 Å². The molecule has 0 fully saturated rings. The van der Waals surface area contributed by atoms with Crippen LogP contribution in [0.3, 0.4) is 0 Å². The van der Waals surface area contributed by atoms with Crippen LogP contribution in [-0.2, 0) is 0 Å². The molecule has 0 saturated carbocycles. The summed E-state index contributed by atoms with van der Waals surface area (Å²) in [6, 6.07) is 20.5. The van der Waals surface area contributed by atoms with Crippen molar-refractivity contribution in [1.82, 2.24) is 9.80 Å². The minimum Gasteiger partial charge on any atom is -0.507 e. The summed E-state index contributed by atoms with van der Waals surface area (Å²) in [5, 5.41) is 20.4. The highest BCUT2D eigenvalue weighted by Gasteiger charge is 2.39. The van der Waals surface area contributed by atoms with E-state index in [2.05, 4.69) is 9.98 Å². The number of phenolic OH excluding ortho intramolecular Hbond substituents is 2. The highest BCUT2D eigenvalue weighted by atomic mass is 16.3. The zero-order chi connectivity index (χ0) is 35.0. The highest BCUT2D eigenvalue weighted by molar-refractivity contribution is 6.33. The number of unbranched alkanes of at least 4 members (excludes halogenated alkanes) is 6. The van der Waals surface area contributed by atoms with E-state index in [1.165, 1.54) is 9.80 Å². The second-order valence-electron chi connectivity index (χ2n) is 12.6. The summed E-state index contributed by atoms with van der Waals surface area (Å²) in [5.74, 6) is -1.26. The van der Waals surface area contributed by atoms with Crippen molar-refractivity contribution in [1.29, 1.82) is 0 Å². The van der Waals surface area contributed by atoms with Crippen molar-refractivity contribution in [3.63, 3.8) is 0 Å². The number of aliphatic imine (C=N–C) groups is 2. The fourth-order valence-corrected chi connectivity index (χ4v) is 6.55. The Morgan fingerprint density at radius 1 is 0.460 bits per heavy atom. The summed E-state index contributed by atoms with van der Waals surface area (Å²) < 4.78 is 0. The van der Waals surface area contributed by atoms with E-state index in [0.717, 1.165) is 38.5 Å². The summed E-state index contributed by atoms with van der Waals surface area (Å²) in [5.41, 5.74) is 2.68. The fourth-order valence-electron chi connectivity index (χ4n) is 6.55. The standard InChI is InChI=1S/C40H40N4O6/c45-33-15-7-5-13-27(33)25-41-21-9-1-3-11-23-43-37(47)29-17-19-31-36-32(20-18-30(35(29)36)38(43)48)40(50)44(39(31)49)24-12-4-2-10-22-42-26-28-14-6-8-16-34(28)46/h5-8,13-20,25-26,45-46H,1-4,9-12,21-24H2. The summed E-state index contributed by atoms with van der Waals surface area (Å²) in [6.07, 6.45) is 9.69. The Balaban J connectivity index is 1.01. The molecule has 10 nitrogen and oxygen atoms in total. The minimum absolute atomic E-state index is 0.192. The number of rotatable bonds is 16. The van der Waals surface area contributed by atoms with Gasteiger partial charge in [0.2, 0.25) is 0 Å². The lowest BCUT2D eigenvalue weighted by atomic mass is 9.86. The summed E-state index contributed by atoms with van der Waals surface area (Å²) >= 11 is 0. The molecule has 0 atom stereocenters. The third kappa shape index (κ3) is 7.19. The van der Waals surface area contributed by atoms with E-state index in [4.69, 9.17) is 0 Å². The second kappa shape index (κ2) is 15.7. The van der Waals surface area contributed by atoms with Gasteiger partial charge in [0.05, 0.1) is 0 Å². The monoisotopic (exact) mass is 672 g/mol. The molecule has 0 radical (unpaired) electrons. The number of hydrogen-bond acceptors (Lipinski definition) is 8. The van der Waals surface area contributed by atoms with Gasteiger partial charge in [0.25, 0.3) is 23.6 Å². The molecule has 0 bridgehead atoms. The van der Waals surface area contributed by atoms with Gasteiger partial charge in [-0.25, -0.2) is 0 Å². The second-order valence-corrected chi connectivity index (χ2v) is 12.6. The Bertz CT molecular complexity index is 1790. The number of nitrogens with zero attached hydrogens (tertiary/aromatic N) is 4. The summed E-state index contributed by atoms with van der Waals surface area (Å²) in [6.45, 7) is 1.78. The van der Waals surface area contributed by atoms with Gasteiger partial charge in [-0.15, -0.1) is 0 Å². The first kappa shape index (κ1) is 34.2. The first-order valence-corrected chi connectivity index (χ1v) is 17.2. The van der Waals surface area contributed by atoms with Crippen LogP contribution < -0.4 is 0 Å². The lowest BCUT2D eigenvalue weighted by Gasteiger charge is -2.32. The molecule has 10 heteroatoms. The van der Waals surface area contributed by atoms with E-state index in [1.54, 1.807) is 73.1 Å². The van der Waals surface area contributed by atoms with Crippen LogP contribution in [0.1, 0.15) is 104 Å². The number of carbonyl (C=O) groups excluding carboxylic acids is 4. The van der Waals surface area contributed by atoms with E-state index < -0.39 is 23.6 Å². The molecule has 0 aromatic heterocycles. The molecule has 0 spiro atoms. The summed E-state index contributed by atoms with van der Waals surface area (Å²) in [7, 11) is 0. The zero-order valence-corrected chi connectivity index (χ0v) is 27.9. The minimum atomic E-state index is -0.411. The van der Waals surface area contributed by atoms with Gasteiger partial charge in [-0.05, 0) is 74.2 Å². The van der Waals surface area contributed by atoms with Gasteiger partial charge in [0.15, 0.2) is 0 Å². The molecule has 2 aliphatic rings. The third-order valence-electron chi connectivity index (χ3n) is 9.24. The lowest BCUT2D eigenvalue weighted by molar-refractivity contribution is 0.0586. The van der Waals surface area contributed by atoms with Crippen molar-refractivity contribution in [2.75, 3.05) is 26.2 Å². The van der Waals surface area contributed by atoms with E-state index in [1.807, 2.05) is 12.1 Å². The predicted octanol–water partition coefficient (Wildman–Crippen LogP) is 6.80. The molecule has 2 N–H and O–H groups in total. The Kier molecular flexibility index (Phi) is 10.8. The number of amides is 4. The normalized spacial score (nSPS) is 14.2. The Morgan fingerprint density at radius 3 is 1.16 bits per heavy atom. The summed E-state index contributed by atoms with van der Waals surface area (Å²) in [4.78, 5) is 65.5. The number of imide groups is 2. The van der Waals surface area contributed by atoms with Crippen LogP contribution in [0.15, 0.2) is 82.8 Å². The van der Waals surface area contributed by atoms with Crippen LogP contribution in [0.2, 0.25) is 0 Å². The van der Waals surface area contributed by atoms with Gasteiger partial charge < -0.3 is 10.2 Å². The maximum Gasteiger partial charge on any atom is 0.261 e. The topological polar surface area (TPSA) is 140 Å². The molecule has 4 aromatic rings. The predicted molar refractivity (Wildman–Crippen MR) is 193 cm³/mol. The molecule has 0 aliphatic carbocycles. The number of carbonyl (C=O) groups is 4. The molecule has 4 amide bonds. The van der Waals surface area contributed by atoms with E-state index >= 15 is 0 Å². The number of hydrogen-bond donors (Lipinski definition) is 2. The van der Waals surface area contributed by atoms with E-state index in [9.17, 15) is 29.4 Å². The average Bonchev–Trinajstić information content (AvgIpc) is 3.12. The van der Waals surface area contributed by atoms with Crippen molar-refractivity contribution >= 4 is 46.8 Å². The van der Waals surface area contributed by atoms with Crippen molar-refractivity contribution in [3.8, 4) is 11.5 Å². The van der Waals surface area contributed by atoms with Gasteiger partial charge in [0.1, 0.15) is 11.5 Å². The molecular formula is C40H40N4O6. The lowest BCUT2D eigenvalue weighted by Crippen LogP contribution is -2.43. The number of phenols is 2. The van der Waals surface area contributed by atoms with Gasteiger partial charge in [-0.1, -0.05) is 49.9 Å². The quantitative estimate of drug-likeness (QED) is 0.0762. The zero-order valence-electron chi connectivity index (χ0n) is 27.9. The van der Waals surface area contributed by atoms with Gasteiger partial charge in [0, 0.05) is 82.8 Å². The molecule has 6 rings (SSSR count). The molecule has 0 unspecified atom stereocenters. The van der Waals surface area contributed by atoms with Crippen LogP contribution in [0, 0.1) is 0 Å². The fraction of sp³-hybridized carbons (Fsp3) is 0.300. The largest absolute Gasteiger partial charge is 0.507 e. The molecule has 0 saturated heterocycles. The van der Waals surface area contributed by atoms with Crippen molar-refractivity contribution in [2.24, 2.45) is 9.98 Å².